The van der Waals surface area contributed by atoms with Gasteiger partial charge in [-0.2, -0.15) is 0 Å². The Labute approximate surface area is 150 Å². The van der Waals surface area contributed by atoms with Crippen molar-refractivity contribution in [2.24, 2.45) is 0 Å². The van der Waals surface area contributed by atoms with Gasteiger partial charge in [0.1, 0.15) is 5.75 Å². The van der Waals surface area contributed by atoms with Crippen LogP contribution < -0.4 is 15.4 Å². The molecule has 0 aliphatic heterocycles. The van der Waals surface area contributed by atoms with Crippen LogP contribution in [0.3, 0.4) is 0 Å². The second kappa shape index (κ2) is 7.94. The van der Waals surface area contributed by atoms with E-state index in [9.17, 15) is 9.59 Å². The smallest absolute Gasteiger partial charge is 0.259 e. The van der Waals surface area contributed by atoms with Crippen LogP contribution in [-0.2, 0) is 0 Å². The van der Waals surface area contributed by atoms with E-state index in [2.05, 4.69) is 15.6 Å². The van der Waals surface area contributed by atoms with Crippen molar-refractivity contribution in [3.05, 3.63) is 84.2 Å². The highest BCUT2D eigenvalue weighted by atomic mass is 16.5. The topological polar surface area (TPSA) is 80.3 Å². The van der Waals surface area contributed by atoms with Crippen molar-refractivity contribution in [1.29, 1.82) is 0 Å². The van der Waals surface area contributed by atoms with Gasteiger partial charge in [0, 0.05) is 12.4 Å². The molecular weight excluding hydrogens is 330 g/mol. The summed E-state index contributed by atoms with van der Waals surface area (Å²) in [6.45, 7) is 0. The first-order chi connectivity index (χ1) is 12.7. The summed E-state index contributed by atoms with van der Waals surface area (Å²) in [7, 11) is 1.51. The highest BCUT2D eigenvalue weighted by molar-refractivity contribution is 6.10. The molecule has 0 aliphatic rings. The Morgan fingerprint density at radius 1 is 0.846 bits per heavy atom. The van der Waals surface area contributed by atoms with Crippen LogP contribution in [0.1, 0.15) is 20.7 Å². The standard InChI is InChI=1S/C20H17N3O3/c1-26-18-11-5-2-8-15(18)20(25)23-17-10-4-3-9-16(17)22-19(24)14-7-6-12-21-13-14/h2-13H,1H3,(H,22,24)(H,23,25). The lowest BCUT2D eigenvalue weighted by atomic mass is 10.1. The van der Waals surface area contributed by atoms with Gasteiger partial charge in [-0.05, 0) is 36.4 Å². The monoisotopic (exact) mass is 347 g/mol. The molecule has 26 heavy (non-hydrogen) atoms. The SMILES string of the molecule is COc1ccccc1C(=O)Nc1ccccc1NC(=O)c1cccnc1. The van der Waals surface area contributed by atoms with Crippen molar-refractivity contribution < 1.29 is 14.3 Å². The average Bonchev–Trinajstić information content (AvgIpc) is 2.70. The number of ether oxygens (including phenoxy) is 1. The minimum Gasteiger partial charge on any atom is -0.496 e. The molecule has 0 unspecified atom stereocenters. The van der Waals surface area contributed by atoms with Gasteiger partial charge in [0.15, 0.2) is 0 Å². The first-order valence-electron chi connectivity index (χ1n) is 7.94. The molecule has 2 amide bonds. The number of aromatic nitrogens is 1. The maximum absolute atomic E-state index is 12.6. The van der Waals surface area contributed by atoms with Crippen molar-refractivity contribution in [2.75, 3.05) is 17.7 Å². The Kier molecular flexibility index (Phi) is 5.24. The number of anilines is 2. The fourth-order valence-corrected chi connectivity index (χ4v) is 2.41. The van der Waals surface area contributed by atoms with Crippen molar-refractivity contribution in [3.63, 3.8) is 0 Å². The van der Waals surface area contributed by atoms with E-state index in [0.29, 0.717) is 28.3 Å². The molecule has 3 aromatic rings. The largest absolute Gasteiger partial charge is 0.496 e. The van der Waals surface area contributed by atoms with Gasteiger partial charge in [-0.1, -0.05) is 24.3 Å². The summed E-state index contributed by atoms with van der Waals surface area (Å²) in [4.78, 5) is 28.9. The highest BCUT2D eigenvalue weighted by Gasteiger charge is 2.14. The third-order valence-electron chi connectivity index (χ3n) is 3.70. The van der Waals surface area contributed by atoms with E-state index in [4.69, 9.17) is 4.74 Å². The predicted octanol–water partition coefficient (Wildman–Crippen LogP) is 3.59. The van der Waals surface area contributed by atoms with Gasteiger partial charge in [0.05, 0.1) is 29.6 Å². The zero-order valence-corrected chi connectivity index (χ0v) is 14.1. The quantitative estimate of drug-likeness (QED) is 0.739. The zero-order valence-electron chi connectivity index (χ0n) is 14.1. The Balaban J connectivity index is 1.81. The fraction of sp³-hybridized carbons (Fsp3) is 0.0500. The molecule has 0 aliphatic carbocycles. The molecule has 130 valence electrons. The van der Waals surface area contributed by atoms with Crippen LogP contribution in [0.4, 0.5) is 11.4 Å². The number of nitrogens with one attached hydrogen (secondary N) is 2. The van der Waals surface area contributed by atoms with E-state index in [1.807, 2.05) is 0 Å². The molecule has 2 aromatic carbocycles. The maximum atomic E-state index is 12.6. The van der Waals surface area contributed by atoms with Crippen molar-refractivity contribution in [1.82, 2.24) is 4.98 Å². The normalized spacial score (nSPS) is 10.0. The van der Waals surface area contributed by atoms with E-state index < -0.39 is 0 Å². The van der Waals surface area contributed by atoms with Gasteiger partial charge in [-0.15, -0.1) is 0 Å². The second-order valence-electron chi connectivity index (χ2n) is 5.40. The molecule has 0 saturated carbocycles. The molecule has 0 radical (unpaired) electrons. The molecule has 2 N–H and O–H groups in total. The lowest BCUT2D eigenvalue weighted by Gasteiger charge is -2.13. The number of pyridine rings is 1. The number of carbonyl (C=O) groups is 2. The van der Waals surface area contributed by atoms with Crippen LogP contribution in [0, 0.1) is 0 Å². The van der Waals surface area contributed by atoms with Crippen LogP contribution in [0.5, 0.6) is 5.75 Å². The molecule has 0 saturated heterocycles. The number of carbonyl (C=O) groups excluding carboxylic acids is 2. The first-order valence-corrected chi connectivity index (χ1v) is 7.94. The summed E-state index contributed by atoms with van der Waals surface area (Å²) < 4.78 is 5.22. The number of nitrogens with zero attached hydrogens (tertiary/aromatic N) is 1. The minimum atomic E-state index is -0.328. The fourth-order valence-electron chi connectivity index (χ4n) is 2.41. The Hall–Kier alpha value is -3.67. The number of methoxy groups -OCH3 is 1. The van der Waals surface area contributed by atoms with Gasteiger partial charge in [0.2, 0.25) is 0 Å². The van der Waals surface area contributed by atoms with Crippen LogP contribution >= 0.6 is 0 Å². The summed E-state index contributed by atoms with van der Waals surface area (Å²) in [6.07, 6.45) is 3.07. The molecular formula is C20H17N3O3. The molecule has 3 rings (SSSR count). The highest BCUT2D eigenvalue weighted by Crippen LogP contribution is 2.24. The summed E-state index contributed by atoms with van der Waals surface area (Å²) in [5.41, 5.74) is 1.81. The molecule has 1 aromatic heterocycles. The van der Waals surface area contributed by atoms with Gasteiger partial charge < -0.3 is 15.4 Å². The van der Waals surface area contributed by atoms with Crippen LogP contribution in [-0.4, -0.2) is 23.9 Å². The lowest BCUT2D eigenvalue weighted by Crippen LogP contribution is -2.17. The van der Waals surface area contributed by atoms with Crippen molar-refractivity contribution in [2.45, 2.75) is 0 Å². The van der Waals surface area contributed by atoms with Crippen molar-refractivity contribution >= 4 is 23.2 Å². The van der Waals surface area contributed by atoms with Crippen molar-refractivity contribution in [3.8, 4) is 5.75 Å². The second-order valence-corrected chi connectivity index (χ2v) is 5.40. The van der Waals surface area contributed by atoms with Gasteiger partial charge >= 0.3 is 0 Å². The van der Waals surface area contributed by atoms with Gasteiger partial charge in [-0.3, -0.25) is 14.6 Å². The molecule has 0 bridgehead atoms. The first kappa shape index (κ1) is 17.2. The van der Waals surface area contributed by atoms with Gasteiger partial charge in [-0.25, -0.2) is 0 Å². The van der Waals surface area contributed by atoms with Crippen LogP contribution in [0.25, 0.3) is 0 Å². The summed E-state index contributed by atoms with van der Waals surface area (Å²) in [6, 6.07) is 17.3. The van der Waals surface area contributed by atoms with Gasteiger partial charge in [0.25, 0.3) is 11.8 Å². The number of hydrogen-bond donors (Lipinski definition) is 2. The summed E-state index contributed by atoms with van der Waals surface area (Å²) in [5, 5.41) is 5.60. The van der Waals surface area contributed by atoms with E-state index in [1.54, 1.807) is 66.9 Å². The van der Waals surface area contributed by atoms with E-state index in [0.717, 1.165) is 0 Å². The molecule has 1 heterocycles. The minimum absolute atomic E-state index is 0.308. The van der Waals surface area contributed by atoms with E-state index in [-0.39, 0.29) is 11.8 Å². The van der Waals surface area contributed by atoms with Crippen LogP contribution in [0.15, 0.2) is 73.1 Å². The number of para-hydroxylation sites is 3. The molecule has 0 atom stereocenters. The number of benzene rings is 2. The Morgan fingerprint density at radius 3 is 2.15 bits per heavy atom. The Morgan fingerprint density at radius 2 is 1.50 bits per heavy atom. The summed E-state index contributed by atoms with van der Waals surface area (Å²) >= 11 is 0. The predicted molar refractivity (Wildman–Crippen MR) is 99.6 cm³/mol. The maximum Gasteiger partial charge on any atom is 0.259 e. The average molecular weight is 347 g/mol. The van der Waals surface area contributed by atoms with E-state index >= 15 is 0 Å². The number of hydrogen-bond acceptors (Lipinski definition) is 4. The van der Waals surface area contributed by atoms with E-state index in [1.165, 1.54) is 13.3 Å². The Bertz CT molecular complexity index is 926. The third-order valence-corrected chi connectivity index (χ3v) is 3.70. The third kappa shape index (κ3) is 3.87. The lowest BCUT2D eigenvalue weighted by molar-refractivity contribution is 0.101. The zero-order chi connectivity index (χ0) is 18.4. The summed E-state index contributed by atoms with van der Waals surface area (Å²) in [5.74, 6) is -0.163. The number of amides is 2. The molecule has 6 nitrogen and oxygen atoms in total. The van der Waals surface area contributed by atoms with Crippen LogP contribution in [0.2, 0.25) is 0 Å². The molecule has 0 fully saturated rings. The number of rotatable bonds is 5. The molecule has 6 heteroatoms. The molecule has 0 spiro atoms.